The molecule has 25 heavy (non-hydrogen) atoms. The fraction of sp³-hybridized carbons (Fsp3) is 0.500. The SMILES string of the molecule is CC(C)(C)c1ccc(-c2nc(NC(=O)CC3CCCN3)n[nH]2)cc1.Cl. The first-order chi connectivity index (χ1) is 11.4. The number of carbonyl (C=O) groups excluding carboxylic acids is 1. The number of hydrogen-bond donors (Lipinski definition) is 3. The highest BCUT2D eigenvalue weighted by Gasteiger charge is 2.19. The second kappa shape index (κ2) is 7.97. The number of rotatable bonds is 4. The first kappa shape index (κ1) is 19.4. The van der Waals surface area contributed by atoms with E-state index in [4.69, 9.17) is 0 Å². The van der Waals surface area contributed by atoms with Crippen LogP contribution < -0.4 is 10.6 Å². The van der Waals surface area contributed by atoms with Crippen LogP contribution in [0.1, 0.15) is 45.6 Å². The van der Waals surface area contributed by atoms with Gasteiger partial charge in [-0.25, -0.2) is 0 Å². The number of nitrogens with zero attached hydrogens (tertiary/aromatic N) is 2. The molecule has 1 aliphatic rings. The highest BCUT2D eigenvalue weighted by Crippen LogP contribution is 2.25. The molecular formula is C18H26ClN5O. The lowest BCUT2D eigenvalue weighted by Crippen LogP contribution is -2.27. The third kappa shape index (κ3) is 5.03. The molecule has 1 aromatic carbocycles. The average Bonchev–Trinajstić information content (AvgIpc) is 3.18. The summed E-state index contributed by atoms with van der Waals surface area (Å²) in [5, 5.41) is 13.1. The van der Waals surface area contributed by atoms with Crippen LogP contribution in [0.3, 0.4) is 0 Å². The van der Waals surface area contributed by atoms with Crippen molar-refractivity contribution in [2.24, 2.45) is 0 Å². The number of H-pyrrole nitrogens is 1. The van der Waals surface area contributed by atoms with E-state index in [1.807, 2.05) is 12.1 Å². The van der Waals surface area contributed by atoms with Crippen molar-refractivity contribution < 1.29 is 4.79 Å². The van der Waals surface area contributed by atoms with E-state index in [-0.39, 0.29) is 29.8 Å². The molecule has 1 amide bonds. The van der Waals surface area contributed by atoms with Crippen LogP contribution in [-0.2, 0) is 10.2 Å². The van der Waals surface area contributed by atoms with Crippen molar-refractivity contribution in [2.45, 2.75) is 51.5 Å². The number of carbonyl (C=O) groups is 1. The molecule has 1 aliphatic heterocycles. The number of halogens is 1. The first-order valence-electron chi connectivity index (χ1n) is 8.48. The van der Waals surface area contributed by atoms with Crippen LogP contribution in [0.15, 0.2) is 24.3 Å². The minimum atomic E-state index is -0.0527. The van der Waals surface area contributed by atoms with E-state index < -0.39 is 0 Å². The molecule has 1 saturated heterocycles. The molecule has 1 aromatic heterocycles. The molecule has 0 saturated carbocycles. The summed E-state index contributed by atoms with van der Waals surface area (Å²) in [4.78, 5) is 16.4. The van der Waals surface area contributed by atoms with Crippen LogP contribution in [0.5, 0.6) is 0 Å². The predicted molar refractivity (Wildman–Crippen MR) is 102 cm³/mol. The van der Waals surface area contributed by atoms with Crippen molar-refractivity contribution in [3.63, 3.8) is 0 Å². The van der Waals surface area contributed by atoms with Crippen molar-refractivity contribution in [3.8, 4) is 11.4 Å². The van der Waals surface area contributed by atoms with Gasteiger partial charge in [0.15, 0.2) is 5.82 Å². The Labute approximate surface area is 154 Å². The highest BCUT2D eigenvalue weighted by molar-refractivity contribution is 5.89. The monoisotopic (exact) mass is 363 g/mol. The molecule has 6 nitrogen and oxygen atoms in total. The van der Waals surface area contributed by atoms with Gasteiger partial charge < -0.3 is 5.32 Å². The Morgan fingerprint density at radius 1 is 1.28 bits per heavy atom. The molecule has 1 unspecified atom stereocenters. The summed E-state index contributed by atoms with van der Waals surface area (Å²) in [5.74, 6) is 0.931. The topological polar surface area (TPSA) is 82.7 Å². The van der Waals surface area contributed by atoms with Crippen molar-refractivity contribution in [1.29, 1.82) is 0 Å². The first-order valence-corrected chi connectivity index (χ1v) is 8.48. The minimum absolute atomic E-state index is 0. The fourth-order valence-electron chi connectivity index (χ4n) is 2.91. The Kier molecular flexibility index (Phi) is 6.19. The Morgan fingerprint density at radius 3 is 2.60 bits per heavy atom. The van der Waals surface area contributed by atoms with Gasteiger partial charge in [0.1, 0.15) is 0 Å². The Bertz CT molecular complexity index is 699. The molecule has 2 heterocycles. The molecule has 2 aromatic rings. The Hall–Kier alpha value is -1.92. The van der Waals surface area contributed by atoms with Gasteiger partial charge in [0.25, 0.3) is 0 Å². The van der Waals surface area contributed by atoms with Gasteiger partial charge in [-0.15, -0.1) is 17.5 Å². The summed E-state index contributed by atoms with van der Waals surface area (Å²) < 4.78 is 0. The number of hydrogen-bond acceptors (Lipinski definition) is 4. The number of amides is 1. The van der Waals surface area contributed by atoms with Crippen LogP contribution >= 0.6 is 12.4 Å². The summed E-state index contributed by atoms with van der Waals surface area (Å²) in [6.45, 7) is 7.54. The van der Waals surface area contributed by atoms with Crippen molar-refractivity contribution in [3.05, 3.63) is 29.8 Å². The standard InChI is InChI=1S/C18H25N5O.ClH/c1-18(2,3)13-8-6-12(7-9-13)16-21-17(23-22-16)20-15(24)11-14-5-4-10-19-14;/h6-9,14,19H,4-5,10-11H2,1-3H3,(H2,20,21,22,23,24);1H. The lowest BCUT2D eigenvalue weighted by Gasteiger charge is -2.18. The molecule has 1 atom stereocenters. The van der Waals surface area contributed by atoms with E-state index >= 15 is 0 Å². The van der Waals surface area contributed by atoms with Gasteiger partial charge in [0.05, 0.1) is 0 Å². The fourth-order valence-corrected chi connectivity index (χ4v) is 2.91. The molecule has 136 valence electrons. The van der Waals surface area contributed by atoms with Crippen LogP contribution in [-0.4, -0.2) is 33.7 Å². The van der Waals surface area contributed by atoms with Gasteiger partial charge in [0, 0.05) is 18.0 Å². The van der Waals surface area contributed by atoms with Gasteiger partial charge in [-0.1, -0.05) is 45.0 Å². The van der Waals surface area contributed by atoms with Crippen molar-refractivity contribution in [1.82, 2.24) is 20.5 Å². The molecule has 7 heteroatoms. The van der Waals surface area contributed by atoms with Crippen LogP contribution in [0.2, 0.25) is 0 Å². The number of benzene rings is 1. The molecular weight excluding hydrogens is 338 g/mol. The molecule has 3 rings (SSSR count). The highest BCUT2D eigenvalue weighted by atomic mass is 35.5. The molecule has 0 aliphatic carbocycles. The second-order valence-corrected chi connectivity index (χ2v) is 7.38. The number of nitrogens with one attached hydrogen (secondary N) is 3. The van der Waals surface area contributed by atoms with Gasteiger partial charge in [-0.2, -0.15) is 4.98 Å². The maximum atomic E-state index is 12.0. The number of anilines is 1. The van der Waals surface area contributed by atoms with E-state index in [1.54, 1.807) is 0 Å². The smallest absolute Gasteiger partial charge is 0.249 e. The third-order valence-corrected chi connectivity index (χ3v) is 4.36. The predicted octanol–water partition coefficient (Wildman–Crippen LogP) is 3.27. The number of aromatic nitrogens is 3. The minimum Gasteiger partial charge on any atom is -0.313 e. The van der Waals surface area contributed by atoms with E-state index in [0.717, 1.165) is 24.9 Å². The largest absolute Gasteiger partial charge is 0.313 e. The normalized spacial score (nSPS) is 17.2. The lowest BCUT2D eigenvalue weighted by molar-refractivity contribution is -0.116. The zero-order chi connectivity index (χ0) is 17.2. The summed E-state index contributed by atoms with van der Waals surface area (Å²) in [5.41, 5.74) is 2.34. The van der Waals surface area contributed by atoms with Crippen LogP contribution in [0, 0.1) is 0 Å². The molecule has 0 bridgehead atoms. The lowest BCUT2D eigenvalue weighted by atomic mass is 9.87. The summed E-state index contributed by atoms with van der Waals surface area (Å²) in [6, 6.07) is 8.52. The van der Waals surface area contributed by atoms with Crippen molar-refractivity contribution in [2.75, 3.05) is 11.9 Å². The zero-order valence-electron chi connectivity index (χ0n) is 14.9. The molecule has 0 spiro atoms. The van der Waals surface area contributed by atoms with Gasteiger partial charge in [0.2, 0.25) is 11.9 Å². The van der Waals surface area contributed by atoms with Gasteiger partial charge >= 0.3 is 0 Å². The van der Waals surface area contributed by atoms with E-state index in [1.165, 1.54) is 5.56 Å². The Balaban J connectivity index is 0.00000225. The van der Waals surface area contributed by atoms with Gasteiger partial charge in [-0.3, -0.25) is 15.2 Å². The molecule has 0 radical (unpaired) electrons. The summed E-state index contributed by atoms with van der Waals surface area (Å²) >= 11 is 0. The summed E-state index contributed by atoms with van der Waals surface area (Å²) in [6.07, 6.45) is 2.64. The quantitative estimate of drug-likeness (QED) is 0.778. The molecule has 3 N–H and O–H groups in total. The third-order valence-electron chi connectivity index (χ3n) is 4.36. The maximum Gasteiger partial charge on any atom is 0.249 e. The van der Waals surface area contributed by atoms with E-state index in [2.05, 4.69) is 58.7 Å². The van der Waals surface area contributed by atoms with Crippen molar-refractivity contribution >= 4 is 24.3 Å². The summed E-state index contributed by atoms with van der Waals surface area (Å²) in [7, 11) is 0. The molecule has 1 fully saturated rings. The van der Waals surface area contributed by atoms with E-state index in [9.17, 15) is 4.79 Å². The van der Waals surface area contributed by atoms with Gasteiger partial charge in [-0.05, 0) is 30.4 Å². The maximum absolute atomic E-state index is 12.0. The average molecular weight is 364 g/mol. The van der Waals surface area contributed by atoms with Crippen LogP contribution in [0.4, 0.5) is 5.95 Å². The zero-order valence-corrected chi connectivity index (χ0v) is 15.7. The number of aromatic amines is 1. The second-order valence-electron chi connectivity index (χ2n) is 7.38. The van der Waals surface area contributed by atoms with Crippen LogP contribution in [0.25, 0.3) is 11.4 Å². The van der Waals surface area contributed by atoms with E-state index in [0.29, 0.717) is 18.2 Å². The Morgan fingerprint density at radius 2 is 2.00 bits per heavy atom.